The summed E-state index contributed by atoms with van der Waals surface area (Å²) < 4.78 is 5.59. The zero-order valence-electron chi connectivity index (χ0n) is 12.2. The normalized spacial score (nSPS) is 17.1. The molecule has 0 bridgehead atoms. The van der Waals surface area contributed by atoms with Crippen LogP contribution in [0.4, 0.5) is 0 Å². The van der Waals surface area contributed by atoms with Crippen molar-refractivity contribution in [2.75, 3.05) is 6.54 Å². The van der Waals surface area contributed by atoms with Crippen molar-refractivity contribution in [2.24, 2.45) is 0 Å². The first-order valence-electron chi connectivity index (χ1n) is 7.44. The van der Waals surface area contributed by atoms with E-state index >= 15 is 0 Å². The SMILES string of the molecule is O=c1c(C2NCCc3cc(O)c(O)cc32)coc2ccccc12. The Morgan fingerprint density at radius 3 is 2.74 bits per heavy atom. The second kappa shape index (κ2) is 5.14. The van der Waals surface area contributed by atoms with Gasteiger partial charge in [-0.2, -0.15) is 0 Å². The molecule has 2 aromatic carbocycles. The number of aromatic hydroxyl groups is 2. The second-order valence-electron chi connectivity index (χ2n) is 5.69. The Labute approximate surface area is 131 Å². The zero-order chi connectivity index (χ0) is 16.0. The molecule has 3 aromatic rings. The molecule has 23 heavy (non-hydrogen) atoms. The third-order valence-electron chi connectivity index (χ3n) is 4.31. The van der Waals surface area contributed by atoms with E-state index in [4.69, 9.17) is 4.42 Å². The Balaban J connectivity index is 1.92. The van der Waals surface area contributed by atoms with Gasteiger partial charge in [0.2, 0.25) is 0 Å². The van der Waals surface area contributed by atoms with Crippen LogP contribution in [0.5, 0.6) is 11.5 Å². The Hall–Kier alpha value is -2.79. The molecule has 1 unspecified atom stereocenters. The molecule has 2 heterocycles. The molecule has 1 aliphatic heterocycles. The van der Waals surface area contributed by atoms with E-state index in [1.807, 2.05) is 6.07 Å². The first-order valence-corrected chi connectivity index (χ1v) is 7.44. The number of benzene rings is 2. The molecule has 0 saturated heterocycles. The van der Waals surface area contributed by atoms with E-state index in [1.54, 1.807) is 24.3 Å². The molecule has 5 nitrogen and oxygen atoms in total. The fraction of sp³-hybridized carbons (Fsp3) is 0.167. The molecule has 1 aromatic heterocycles. The highest BCUT2D eigenvalue weighted by Gasteiger charge is 2.26. The summed E-state index contributed by atoms with van der Waals surface area (Å²) in [5.74, 6) is -0.336. The number of nitrogens with one attached hydrogen (secondary N) is 1. The van der Waals surface area contributed by atoms with E-state index in [0.717, 1.165) is 17.5 Å². The van der Waals surface area contributed by atoms with Gasteiger partial charge in [0.25, 0.3) is 0 Å². The van der Waals surface area contributed by atoms with E-state index in [2.05, 4.69) is 5.32 Å². The minimum atomic E-state index is -0.369. The molecule has 3 N–H and O–H groups in total. The molecule has 1 aliphatic rings. The van der Waals surface area contributed by atoms with Crippen molar-refractivity contribution in [3.63, 3.8) is 0 Å². The molecule has 4 rings (SSSR count). The van der Waals surface area contributed by atoms with Gasteiger partial charge in [0.05, 0.1) is 17.0 Å². The lowest BCUT2D eigenvalue weighted by Gasteiger charge is -2.27. The van der Waals surface area contributed by atoms with E-state index < -0.39 is 0 Å². The molecule has 0 aliphatic carbocycles. The second-order valence-corrected chi connectivity index (χ2v) is 5.69. The summed E-state index contributed by atoms with van der Waals surface area (Å²) in [6.07, 6.45) is 2.19. The Bertz CT molecular complexity index is 961. The van der Waals surface area contributed by atoms with Crippen LogP contribution in [0.15, 0.2) is 51.9 Å². The van der Waals surface area contributed by atoms with Gasteiger partial charge >= 0.3 is 0 Å². The number of fused-ring (bicyclic) bond motifs is 2. The predicted octanol–water partition coefficient (Wildman–Crippen LogP) is 2.44. The first kappa shape index (κ1) is 13.8. The highest BCUT2D eigenvalue weighted by molar-refractivity contribution is 5.76. The van der Waals surface area contributed by atoms with Crippen LogP contribution in [0.3, 0.4) is 0 Å². The van der Waals surface area contributed by atoms with E-state index in [9.17, 15) is 15.0 Å². The van der Waals surface area contributed by atoms with Gasteiger partial charge in [-0.3, -0.25) is 4.79 Å². The third kappa shape index (κ3) is 2.17. The predicted molar refractivity (Wildman–Crippen MR) is 85.8 cm³/mol. The molecular formula is C18H15NO4. The molecule has 0 spiro atoms. The Morgan fingerprint density at radius 1 is 1.09 bits per heavy atom. The van der Waals surface area contributed by atoms with Crippen LogP contribution in [0.1, 0.15) is 22.7 Å². The van der Waals surface area contributed by atoms with Crippen molar-refractivity contribution in [1.29, 1.82) is 0 Å². The highest BCUT2D eigenvalue weighted by atomic mass is 16.3. The van der Waals surface area contributed by atoms with E-state index in [0.29, 0.717) is 23.1 Å². The van der Waals surface area contributed by atoms with Crippen LogP contribution in [0.25, 0.3) is 11.0 Å². The topological polar surface area (TPSA) is 82.7 Å². The number of para-hydroxylation sites is 1. The summed E-state index contributed by atoms with van der Waals surface area (Å²) in [6, 6.07) is 9.81. The summed E-state index contributed by atoms with van der Waals surface area (Å²) in [4.78, 5) is 12.8. The Morgan fingerprint density at radius 2 is 1.87 bits per heavy atom. The zero-order valence-corrected chi connectivity index (χ0v) is 12.2. The fourth-order valence-corrected chi connectivity index (χ4v) is 3.15. The minimum absolute atomic E-state index is 0.0928. The molecule has 1 atom stereocenters. The number of phenolic OH excluding ortho intramolecular Hbond substituents is 2. The van der Waals surface area contributed by atoms with Crippen molar-refractivity contribution in [3.8, 4) is 11.5 Å². The maximum Gasteiger partial charge on any atom is 0.197 e. The molecule has 0 amide bonds. The van der Waals surface area contributed by atoms with Crippen molar-refractivity contribution in [1.82, 2.24) is 5.32 Å². The van der Waals surface area contributed by atoms with Crippen LogP contribution in [-0.4, -0.2) is 16.8 Å². The number of rotatable bonds is 1. The lowest BCUT2D eigenvalue weighted by Crippen LogP contribution is -2.33. The van der Waals surface area contributed by atoms with E-state index in [1.165, 1.54) is 12.3 Å². The van der Waals surface area contributed by atoms with Gasteiger partial charge < -0.3 is 19.9 Å². The minimum Gasteiger partial charge on any atom is -0.504 e. The van der Waals surface area contributed by atoms with E-state index in [-0.39, 0.29) is 23.0 Å². The molecule has 0 radical (unpaired) electrons. The van der Waals surface area contributed by atoms with Gasteiger partial charge in [0.1, 0.15) is 11.8 Å². The molecule has 5 heteroatoms. The monoisotopic (exact) mass is 309 g/mol. The fourth-order valence-electron chi connectivity index (χ4n) is 3.15. The number of phenols is 2. The molecular weight excluding hydrogens is 294 g/mol. The first-order chi connectivity index (χ1) is 11.1. The molecule has 0 fully saturated rings. The van der Waals surface area contributed by atoms with Crippen LogP contribution >= 0.6 is 0 Å². The van der Waals surface area contributed by atoms with Crippen LogP contribution < -0.4 is 10.7 Å². The van der Waals surface area contributed by atoms with Crippen LogP contribution in [0, 0.1) is 0 Å². The maximum atomic E-state index is 12.8. The average Bonchev–Trinajstić information content (AvgIpc) is 2.56. The van der Waals surface area contributed by atoms with Crippen molar-refractivity contribution < 1.29 is 14.6 Å². The standard InChI is InChI=1S/C18H15NO4/c20-14-7-10-5-6-19-17(12(10)8-15(14)21)13-9-23-16-4-2-1-3-11(16)18(13)22/h1-4,7-9,17,19-21H,5-6H2. The van der Waals surface area contributed by atoms with Gasteiger partial charge in [-0.25, -0.2) is 0 Å². The van der Waals surface area contributed by atoms with Gasteiger partial charge in [-0.1, -0.05) is 12.1 Å². The Kier molecular flexibility index (Phi) is 3.09. The highest BCUT2D eigenvalue weighted by Crippen LogP contribution is 2.35. The van der Waals surface area contributed by atoms with Crippen LogP contribution in [-0.2, 0) is 6.42 Å². The van der Waals surface area contributed by atoms with Crippen LogP contribution in [0.2, 0.25) is 0 Å². The number of hydrogen-bond donors (Lipinski definition) is 3. The van der Waals surface area contributed by atoms with Gasteiger partial charge in [0.15, 0.2) is 16.9 Å². The van der Waals surface area contributed by atoms with Crippen molar-refractivity contribution in [3.05, 3.63) is 69.6 Å². The van der Waals surface area contributed by atoms with Gasteiger partial charge in [-0.15, -0.1) is 0 Å². The summed E-state index contributed by atoms with van der Waals surface area (Å²) in [7, 11) is 0. The third-order valence-corrected chi connectivity index (χ3v) is 4.31. The smallest absolute Gasteiger partial charge is 0.197 e. The quantitative estimate of drug-likeness (QED) is 0.601. The van der Waals surface area contributed by atoms with Gasteiger partial charge in [-0.05, 0) is 41.8 Å². The lowest BCUT2D eigenvalue weighted by molar-refractivity contribution is 0.400. The lowest BCUT2D eigenvalue weighted by atomic mass is 9.89. The average molecular weight is 309 g/mol. The number of hydrogen-bond acceptors (Lipinski definition) is 5. The maximum absolute atomic E-state index is 12.8. The largest absolute Gasteiger partial charge is 0.504 e. The van der Waals surface area contributed by atoms with Crippen molar-refractivity contribution >= 4 is 11.0 Å². The summed E-state index contributed by atoms with van der Waals surface area (Å²) in [5, 5.41) is 23.3. The molecule has 0 saturated carbocycles. The molecule has 116 valence electrons. The van der Waals surface area contributed by atoms with Gasteiger partial charge in [0, 0.05) is 6.54 Å². The summed E-state index contributed by atoms with van der Waals surface area (Å²) in [5.41, 5.74) is 2.65. The summed E-state index contributed by atoms with van der Waals surface area (Å²) >= 11 is 0. The van der Waals surface area contributed by atoms with Crippen molar-refractivity contribution in [2.45, 2.75) is 12.5 Å². The summed E-state index contributed by atoms with van der Waals surface area (Å²) in [6.45, 7) is 0.675.